The van der Waals surface area contributed by atoms with Gasteiger partial charge in [0.15, 0.2) is 0 Å². The van der Waals surface area contributed by atoms with E-state index in [1.165, 1.54) is 0 Å². The summed E-state index contributed by atoms with van der Waals surface area (Å²) in [6.07, 6.45) is 3.05. The molecule has 2 unspecified atom stereocenters. The highest BCUT2D eigenvalue weighted by Gasteiger charge is 2.26. The van der Waals surface area contributed by atoms with Crippen LogP contribution in [0.1, 0.15) is 24.8 Å². The summed E-state index contributed by atoms with van der Waals surface area (Å²) < 4.78 is 26.8. The van der Waals surface area contributed by atoms with Crippen LogP contribution in [-0.2, 0) is 6.54 Å². The Morgan fingerprint density at radius 1 is 1.29 bits per heavy atom. The summed E-state index contributed by atoms with van der Waals surface area (Å²) in [4.78, 5) is 9.78. The number of nitrogens with zero attached hydrogens (tertiary/aromatic N) is 1. The smallest absolute Gasteiger partial charge is 0.305 e. The average Bonchev–Trinajstić information content (AvgIpc) is 2.88. The van der Waals surface area contributed by atoms with Crippen molar-refractivity contribution < 1.29 is 18.8 Å². The summed E-state index contributed by atoms with van der Waals surface area (Å²) in [5.74, 6) is -1.38. The fraction of sp³-hybridized carbons (Fsp3) is 0.571. The summed E-state index contributed by atoms with van der Waals surface area (Å²) in [6.45, 7) is 0.847. The van der Waals surface area contributed by atoms with Crippen molar-refractivity contribution in [1.29, 1.82) is 0 Å². The second kappa shape index (κ2) is 6.91. The molecule has 1 aromatic carbocycles. The van der Waals surface area contributed by atoms with E-state index in [1.54, 1.807) is 0 Å². The monoisotopic (exact) mass is 300 g/mol. The van der Waals surface area contributed by atoms with Gasteiger partial charge in [-0.05, 0) is 31.2 Å². The molecule has 0 radical (unpaired) electrons. The van der Waals surface area contributed by atoms with E-state index in [-0.39, 0.29) is 24.6 Å². The summed E-state index contributed by atoms with van der Waals surface area (Å²) >= 11 is 0. The Balaban J connectivity index is 1.97. The molecule has 2 N–H and O–H groups in total. The Kier molecular flexibility index (Phi) is 5.19. The molecule has 21 heavy (non-hydrogen) atoms. The molecule has 1 aliphatic rings. The predicted octanol–water partition coefficient (Wildman–Crippen LogP) is 2.37. The molecular formula is C14H18F2N2O3. The molecule has 1 fully saturated rings. The highest BCUT2D eigenvalue weighted by Crippen LogP contribution is 2.30. The zero-order valence-electron chi connectivity index (χ0n) is 11.5. The number of hydrogen-bond donors (Lipinski definition) is 2. The maximum Gasteiger partial charge on any atom is 0.305 e. The number of nitrogens with one attached hydrogen (secondary N) is 1. The van der Waals surface area contributed by atoms with Crippen molar-refractivity contribution in [2.45, 2.75) is 25.8 Å². The van der Waals surface area contributed by atoms with Crippen molar-refractivity contribution in [3.05, 3.63) is 39.4 Å². The first-order valence-electron chi connectivity index (χ1n) is 6.96. The fourth-order valence-electron chi connectivity index (χ4n) is 2.87. The lowest BCUT2D eigenvalue weighted by Gasteiger charge is -2.18. The van der Waals surface area contributed by atoms with Gasteiger partial charge in [-0.15, -0.1) is 0 Å². The van der Waals surface area contributed by atoms with Crippen LogP contribution in [0.4, 0.5) is 14.5 Å². The molecule has 2 atom stereocenters. The molecule has 0 aliphatic heterocycles. The lowest BCUT2D eigenvalue weighted by atomic mass is 9.97. The van der Waals surface area contributed by atoms with Crippen LogP contribution in [0.3, 0.4) is 0 Å². The van der Waals surface area contributed by atoms with Crippen LogP contribution < -0.4 is 5.32 Å². The van der Waals surface area contributed by atoms with E-state index in [4.69, 9.17) is 0 Å². The molecule has 1 aromatic rings. The van der Waals surface area contributed by atoms with Gasteiger partial charge in [-0.3, -0.25) is 10.1 Å². The molecule has 1 aliphatic carbocycles. The second-order valence-electron chi connectivity index (χ2n) is 5.42. The molecule has 116 valence electrons. The van der Waals surface area contributed by atoms with Crippen molar-refractivity contribution >= 4 is 5.69 Å². The van der Waals surface area contributed by atoms with Gasteiger partial charge < -0.3 is 10.4 Å². The van der Waals surface area contributed by atoms with Gasteiger partial charge in [0.1, 0.15) is 5.82 Å². The third kappa shape index (κ3) is 3.74. The molecule has 2 rings (SSSR count). The van der Waals surface area contributed by atoms with Gasteiger partial charge in [-0.2, -0.15) is 4.39 Å². The number of halogens is 2. The van der Waals surface area contributed by atoms with Gasteiger partial charge >= 0.3 is 5.69 Å². The Bertz CT molecular complexity index is 525. The van der Waals surface area contributed by atoms with E-state index in [0.717, 1.165) is 25.3 Å². The summed E-state index contributed by atoms with van der Waals surface area (Å²) in [5.41, 5.74) is -0.649. The highest BCUT2D eigenvalue weighted by atomic mass is 19.1. The number of nitro benzene ring substituents is 1. The van der Waals surface area contributed by atoms with Crippen LogP contribution in [-0.4, -0.2) is 23.2 Å². The van der Waals surface area contributed by atoms with E-state index in [2.05, 4.69) is 5.32 Å². The molecule has 0 spiro atoms. The van der Waals surface area contributed by atoms with Gasteiger partial charge in [0, 0.05) is 30.8 Å². The van der Waals surface area contributed by atoms with Crippen molar-refractivity contribution in [3.63, 3.8) is 0 Å². The van der Waals surface area contributed by atoms with E-state index in [9.17, 15) is 24.0 Å². The fourth-order valence-corrected chi connectivity index (χ4v) is 2.87. The second-order valence-corrected chi connectivity index (χ2v) is 5.42. The van der Waals surface area contributed by atoms with Crippen LogP contribution >= 0.6 is 0 Å². The zero-order valence-corrected chi connectivity index (χ0v) is 11.5. The minimum absolute atomic E-state index is 0.0710. The molecular weight excluding hydrogens is 282 g/mol. The van der Waals surface area contributed by atoms with Crippen LogP contribution in [0, 0.1) is 33.6 Å². The number of hydrogen-bond acceptors (Lipinski definition) is 4. The topological polar surface area (TPSA) is 75.4 Å². The SMILES string of the molecule is O=[N+]([O-])c1cc(CNCC2CCCC2CO)c(F)cc1F. The highest BCUT2D eigenvalue weighted by molar-refractivity contribution is 5.37. The minimum Gasteiger partial charge on any atom is -0.396 e. The summed E-state index contributed by atoms with van der Waals surface area (Å²) in [7, 11) is 0. The third-order valence-electron chi connectivity index (χ3n) is 4.09. The standard InChI is InChI=1S/C14H18F2N2O3/c15-12-5-13(16)14(18(20)21)4-11(12)7-17-6-9-2-1-3-10(9)8-19/h4-5,9-10,17,19H,1-3,6-8H2. The molecule has 0 saturated heterocycles. The van der Waals surface area contributed by atoms with Gasteiger partial charge in [0.25, 0.3) is 0 Å². The first-order chi connectivity index (χ1) is 10.0. The molecule has 1 saturated carbocycles. The maximum absolute atomic E-state index is 13.6. The Morgan fingerprint density at radius 2 is 2.00 bits per heavy atom. The van der Waals surface area contributed by atoms with Crippen molar-refractivity contribution in [2.75, 3.05) is 13.2 Å². The van der Waals surface area contributed by atoms with Crippen LogP contribution in [0.5, 0.6) is 0 Å². The van der Waals surface area contributed by atoms with E-state index in [0.29, 0.717) is 18.5 Å². The van der Waals surface area contributed by atoms with Crippen LogP contribution in [0.2, 0.25) is 0 Å². The number of benzene rings is 1. The van der Waals surface area contributed by atoms with Crippen LogP contribution in [0.15, 0.2) is 12.1 Å². The Morgan fingerprint density at radius 3 is 2.67 bits per heavy atom. The largest absolute Gasteiger partial charge is 0.396 e. The molecule has 7 heteroatoms. The van der Waals surface area contributed by atoms with Crippen LogP contribution in [0.25, 0.3) is 0 Å². The quantitative estimate of drug-likeness (QED) is 0.625. The normalized spacial score (nSPS) is 21.7. The van der Waals surface area contributed by atoms with Crippen molar-refractivity contribution in [3.8, 4) is 0 Å². The number of aliphatic hydroxyl groups is 1. The van der Waals surface area contributed by atoms with Gasteiger partial charge in [0.05, 0.1) is 4.92 Å². The number of rotatable bonds is 6. The molecule has 5 nitrogen and oxygen atoms in total. The summed E-state index contributed by atoms with van der Waals surface area (Å²) in [6, 6.07) is 1.47. The third-order valence-corrected chi connectivity index (χ3v) is 4.09. The first-order valence-corrected chi connectivity index (χ1v) is 6.96. The van der Waals surface area contributed by atoms with Gasteiger partial charge in [-0.25, -0.2) is 4.39 Å². The lowest BCUT2D eigenvalue weighted by Crippen LogP contribution is -2.26. The molecule has 0 bridgehead atoms. The predicted molar refractivity (Wildman–Crippen MR) is 72.6 cm³/mol. The number of aliphatic hydroxyl groups excluding tert-OH is 1. The van der Waals surface area contributed by atoms with E-state index < -0.39 is 22.2 Å². The van der Waals surface area contributed by atoms with E-state index in [1.807, 2.05) is 0 Å². The molecule has 0 heterocycles. The van der Waals surface area contributed by atoms with Crippen molar-refractivity contribution in [1.82, 2.24) is 5.32 Å². The summed E-state index contributed by atoms with van der Waals surface area (Å²) in [5, 5.41) is 22.9. The molecule has 0 amide bonds. The molecule has 0 aromatic heterocycles. The van der Waals surface area contributed by atoms with Gasteiger partial charge in [0.2, 0.25) is 5.82 Å². The van der Waals surface area contributed by atoms with Gasteiger partial charge in [-0.1, -0.05) is 6.42 Å². The lowest BCUT2D eigenvalue weighted by molar-refractivity contribution is -0.387. The minimum atomic E-state index is -1.17. The van der Waals surface area contributed by atoms with Crippen molar-refractivity contribution in [2.24, 2.45) is 11.8 Å². The van der Waals surface area contributed by atoms with E-state index >= 15 is 0 Å². The maximum atomic E-state index is 13.6. The average molecular weight is 300 g/mol. The Labute approximate surface area is 121 Å². The first kappa shape index (κ1) is 15.8. The zero-order chi connectivity index (χ0) is 15.4. The Hall–Kier alpha value is -1.60. The number of nitro groups is 1.